The Morgan fingerprint density at radius 3 is 2.61 bits per heavy atom. The first-order valence-corrected chi connectivity index (χ1v) is 9.48. The van der Waals surface area contributed by atoms with Gasteiger partial charge in [-0.2, -0.15) is 5.10 Å². The summed E-state index contributed by atoms with van der Waals surface area (Å²) >= 11 is 0. The fraction of sp³-hybridized carbons (Fsp3) is 0.333. The Balaban J connectivity index is 1.36. The molecule has 3 aromatic rings. The minimum absolute atomic E-state index is 0.0616. The number of nitrogens with zero attached hydrogens (tertiary/aromatic N) is 6. The van der Waals surface area contributed by atoms with Crippen LogP contribution in [-0.2, 0) is 13.6 Å². The molecule has 0 radical (unpaired) electrons. The molecule has 1 aliphatic rings. The maximum absolute atomic E-state index is 12.6. The van der Waals surface area contributed by atoms with E-state index in [4.69, 9.17) is 0 Å². The lowest BCUT2D eigenvalue weighted by molar-refractivity contribution is 0.0625. The molecule has 0 aliphatic carbocycles. The SMILES string of the molecule is Cc1ccc(C(=O)N2CCN(Cc3cc(-c4cccnc4)nn3C)CC2)cn1. The van der Waals surface area contributed by atoms with Gasteiger partial charge in [0.1, 0.15) is 0 Å². The van der Waals surface area contributed by atoms with Crippen molar-refractivity contribution < 1.29 is 4.79 Å². The zero-order valence-electron chi connectivity index (χ0n) is 16.2. The van der Waals surface area contributed by atoms with Crippen molar-refractivity contribution in [1.82, 2.24) is 29.5 Å². The molecule has 1 fully saturated rings. The summed E-state index contributed by atoms with van der Waals surface area (Å²) in [4.78, 5) is 25.3. The van der Waals surface area contributed by atoms with Crippen molar-refractivity contribution in [3.63, 3.8) is 0 Å². The van der Waals surface area contributed by atoms with Crippen LogP contribution < -0.4 is 0 Å². The van der Waals surface area contributed by atoms with Gasteiger partial charge in [-0.3, -0.25) is 24.3 Å². The Morgan fingerprint density at radius 1 is 1.11 bits per heavy atom. The smallest absolute Gasteiger partial charge is 0.255 e. The van der Waals surface area contributed by atoms with Crippen LogP contribution in [0.5, 0.6) is 0 Å². The van der Waals surface area contributed by atoms with Gasteiger partial charge in [0.2, 0.25) is 0 Å². The highest BCUT2D eigenvalue weighted by atomic mass is 16.2. The summed E-state index contributed by atoms with van der Waals surface area (Å²) in [7, 11) is 1.97. The third kappa shape index (κ3) is 3.94. The molecule has 0 unspecified atom stereocenters. The number of hydrogen-bond donors (Lipinski definition) is 0. The number of carbonyl (C=O) groups excluding carboxylic acids is 1. The number of aryl methyl sites for hydroxylation is 2. The third-order valence-electron chi connectivity index (χ3n) is 5.14. The molecule has 28 heavy (non-hydrogen) atoms. The average Bonchev–Trinajstić information content (AvgIpc) is 3.10. The van der Waals surface area contributed by atoms with E-state index in [1.165, 1.54) is 0 Å². The topological polar surface area (TPSA) is 67.2 Å². The molecular weight excluding hydrogens is 352 g/mol. The fourth-order valence-electron chi connectivity index (χ4n) is 3.42. The Hall–Kier alpha value is -3.06. The summed E-state index contributed by atoms with van der Waals surface area (Å²) in [5.41, 5.74) is 4.69. The Bertz CT molecular complexity index is 943. The molecule has 0 saturated carbocycles. The van der Waals surface area contributed by atoms with E-state index < -0.39 is 0 Å². The predicted molar refractivity (Wildman–Crippen MR) is 107 cm³/mol. The van der Waals surface area contributed by atoms with Crippen LogP contribution in [0.25, 0.3) is 11.3 Å². The van der Waals surface area contributed by atoms with Crippen LogP contribution in [0.1, 0.15) is 21.7 Å². The molecule has 1 aliphatic heterocycles. The van der Waals surface area contributed by atoms with Crippen LogP contribution in [0.15, 0.2) is 48.9 Å². The molecule has 0 aromatic carbocycles. The zero-order valence-corrected chi connectivity index (χ0v) is 16.2. The van der Waals surface area contributed by atoms with E-state index >= 15 is 0 Å². The number of hydrogen-bond acceptors (Lipinski definition) is 5. The highest BCUT2D eigenvalue weighted by Gasteiger charge is 2.23. The van der Waals surface area contributed by atoms with Gasteiger partial charge >= 0.3 is 0 Å². The van der Waals surface area contributed by atoms with Gasteiger partial charge in [0.15, 0.2) is 0 Å². The van der Waals surface area contributed by atoms with Crippen molar-refractivity contribution in [2.45, 2.75) is 13.5 Å². The van der Waals surface area contributed by atoms with Crippen LogP contribution in [0, 0.1) is 6.92 Å². The van der Waals surface area contributed by atoms with Crippen LogP contribution >= 0.6 is 0 Å². The summed E-state index contributed by atoms with van der Waals surface area (Å²) in [5, 5.41) is 4.61. The van der Waals surface area contributed by atoms with Gasteiger partial charge in [-0.1, -0.05) is 0 Å². The molecule has 144 valence electrons. The number of amides is 1. The standard InChI is InChI=1S/C21H24N6O/c1-16-5-6-18(14-23-16)21(28)27-10-8-26(9-11-27)15-19-12-20(24-25(19)2)17-4-3-7-22-13-17/h3-7,12-14H,8-11,15H2,1-2H3. The Morgan fingerprint density at radius 2 is 1.93 bits per heavy atom. The Kier molecular flexibility index (Phi) is 5.16. The van der Waals surface area contributed by atoms with E-state index in [0.29, 0.717) is 5.56 Å². The summed E-state index contributed by atoms with van der Waals surface area (Å²) in [5.74, 6) is 0.0616. The summed E-state index contributed by atoms with van der Waals surface area (Å²) in [6.07, 6.45) is 5.26. The van der Waals surface area contributed by atoms with Crippen LogP contribution in [-0.4, -0.2) is 61.6 Å². The van der Waals surface area contributed by atoms with Gasteiger partial charge in [-0.25, -0.2) is 0 Å². The fourth-order valence-corrected chi connectivity index (χ4v) is 3.42. The van der Waals surface area contributed by atoms with Gasteiger partial charge < -0.3 is 4.90 Å². The third-order valence-corrected chi connectivity index (χ3v) is 5.14. The first-order chi connectivity index (χ1) is 13.6. The monoisotopic (exact) mass is 376 g/mol. The highest BCUT2D eigenvalue weighted by Crippen LogP contribution is 2.19. The molecule has 0 N–H and O–H groups in total. The zero-order chi connectivity index (χ0) is 19.5. The molecule has 7 nitrogen and oxygen atoms in total. The Labute approximate surface area is 164 Å². The van der Waals surface area contributed by atoms with Gasteiger partial charge in [0.25, 0.3) is 5.91 Å². The van der Waals surface area contributed by atoms with Crippen LogP contribution in [0.4, 0.5) is 0 Å². The minimum atomic E-state index is 0.0616. The van der Waals surface area contributed by atoms with Crippen molar-refractivity contribution >= 4 is 5.91 Å². The number of pyridine rings is 2. The quantitative estimate of drug-likeness (QED) is 0.698. The van der Waals surface area contributed by atoms with Gasteiger partial charge in [0.05, 0.1) is 17.0 Å². The van der Waals surface area contributed by atoms with Crippen molar-refractivity contribution in [2.75, 3.05) is 26.2 Å². The van der Waals surface area contributed by atoms with Crippen molar-refractivity contribution in [3.8, 4) is 11.3 Å². The number of aromatic nitrogens is 4. The minimum Gasteiger partial charge on any atom is -0.336 e. The normalized spacial score (nSPS) is 15.0. The van der Waals surface area contributed by atoms with Gasteiger partial charge in [0, 0.05) is 69.6 Å². The van der Waals surface area contributed by atoms with E-state index in [1.807, 2.05) is 54.0 Å². The maximum atomic E-state index is 12.6. The summed E-state index contributed by atoms with van der Waals surface area (Å²) in [6, 6.07) is 9.79. The van der Waals surface area contributed by atoms with E-state index in [0.717, 1.165) is 55.4 Å². The lowest BCUT2D eigenvalue weighted by Gasteiger charge is -2.34. The van der Waals surface area contributed by atoms with E-state index in [1.54, 1.807) is 12.4 Å². The van der Waals surface area contributed by atoms with Gasteiger partial charge in [-0.15, -0.1) is 0 Å². The average molecular weight is 376 g/mol. The predicted octanol–water partition coefficient (Wildman–Crippen LogP) is 2.14. The van der Waals surface area contributed by atoms with Crippen molar-refractivity contribution in [3.05, 3.63) is 65.9 Å². The van der Waals surface area contributed by atoms with E-state index in [2.05, 4.69) is 26.0 Å². The second-order valence-corrected chi connectivity index (χ2v) is 7.14. The lowest BCUT2D eigenvalue weighted by Crippen LogP contribution is -2.48. The summed E-state index contributed by atoms with van der Waals surface area (Å²) in [6.45, 7) is 5.87. The molecule has 1 amide bonds. The van der Waals surface area contributed by atoms with Crippen LogP contribution in [0.3, 0.4) is 0 Å². The number of rotatable bonds is 4. The molecule has 7 heteroatoms. The highest BCUT2D eigenvalue weighted by molar-refractivity contribution is 5.94. The van der Waals surface area contributed by atoms with Crippen LogP contribution in [0.2, 0.25) is 0 Å². The second-order valence-electron chi connectivity index (χ2n) is 7.14. The first kappa shape index (κ1) is 18.3. The molecule has 3 aromatic heterocycles. The number of piperazine rings is 1. The molecular formula is C21H24N6O. The molecule has 0 spiro atoms. The molecule has 1 saturated heterocycles. The first-order valence-electron chi connectivity index (χ1n) is 9.48. The van der Waals surface area contributed by atoms with E-state index in [9.17, 15) is 4.79 Å². The molecule has 4 rings (SSSR count). The maximum Gasteiger partial charge on any atom is 0.255 e. The van der Waals surface area contributed by atoms with Gasteiger partial charge in [-0.05, 0) is 37.3 Å². The molecule has 0 atom stereocenters. The number of carbonyl (C=O) groups is 1. The van der Waals surface area contributed by atoms with Crippen molar-refractivity contribution in [1.29, 1.82) is 0 Å². The second kappa shape index (κ2) is 7.90. The summed E-state index contributed by atoms with van der Waals surface area (Å²) < 4.78 is 1.93. The largest absolute Gasteiger partial charge is 0.336 e. The molecule has 4 heterocycles. The lowest BCUT2D eigenvalue weighted by atomic mass is 10.2. The van der Waals surface area contributed by atoms with Crippen molar-refractivity contribution in [2.24, 2.45) is 7.05 Å². The van der Waals surface area contributed by atoms with E-state index in [-0.39, 0.29) is 5.91 Å². The molecule has 0 bridgehead atoms.